The number of primary amides is 1. The maximum atomic E-state index is 13.0. The number of benzene rings is 1. The normalized spacial score (nSPS) is 12.4. The second kappa shape index (κ2) is 14.6. The number of nitrogens with one attached hydrogen (secondary N) is 4. The molecule has 11 nitrogen and oxygen atoms in total. The summed E-state index contributed by atoms with van der Waals surface area (Å²) in [4.78, 5) is 59.8. The first kappa shape index (κ1) is 29.4. The Bertz CT molecular complexity index is 885. The average Bonchev–Trinajstić information content (AvgIpc) is 2.77. The van der Waals surface area contributed by atoms with Gasteiger partial charge >= 0.3 is 12.0 Å². The molecule has 0 aromatic heterocycles. The van der Waals surface area contributed by atoms with Crippen LogP contribution >= 0.6 is 0 Å². The number of hydrogen-bond donors (Lipinski definition) is 5. The number of carbonyl (C=O) groups excluding carboxylic acids is 5. The monoisotopic (exact) mass is 491 g/mol. The predicted molar refractivity (Wildman–Crippen MR) is 131 cm³/mol. The first-order chi connectivity index (χ1) is 16.4. The van der Waals surface area contributed by atoms with Crippen LogP contribution in [0.2, 0.25) is 0 Å². The molecule has 0 unspecified atom stereocenters. The van der Waals surface area contributed by atoms with Crippen molar-refractivity contribution in [3.63, 3.8) is 0 Å². The maximum Gasteiger partial charge on any atom is 0.312 e. The Morgan fingerprint density at radius 3 is 2.09 bits per heavy atom. The van der Waals surface area contributed by atoms with Gasteiger partial charge in [0.25, 0.3) is 0 Å². The molecule has 6 N–H and O–H groups in total. The van der Waals surface area contributed by atoms with Gasteiger partial charge in [0, 0.05) is 19.2 Å². The van der Waals surface area contributed by atoms with Crippen molar-refractivity contribution >= 4 is 35.4 Å². The van der Waals surface area contributed by atoms with Crippen molar-refractivity contribution in [1.82, 2.24) is 16.0 Å². The molecule has 5 amide bonds. The number of carbonyl (C=O) groups is 5. The quantitative estimate of drug-likeness (QED) is 0.206. The fraction of sp³-hybridized carbons (Fsp3) is 0.542. The highest BCUT2D eigenvalue weighted by Crippen LogP contribution is 2.13. The zero-order valence-corrected chi connectivity index (χ0v) is 21.0. The summed E-state index contributed by atoms with van der Waals surface area (Å²) in [7, 11) is 0. The lowest BCUT2D eigenvalue weighted by Crippen LogP contribution is -2.54. The molecule has 0 fully saturated rings. The third-order valence-electron chi connectivity index (χ3n) is 4.98. The average molecular weight is 492 g/mol. The number of ether oxygens (including phenoxy) is 1. The Morgan fingerprint density at radius 1 is 0.943 bits per heavy atom. The van der Waals surface area contributed by atoms with Crippen LogP contribution in [0.15, 0.2) is 24.3 Å². The lowest BCUT2D eigenvalue weighted by molar-refractivity contribution is -0.148. The molecular weight excluding hydrogens is 454 g/mol. The fourth-order valence-electron chi connectivity index (χ4n) is 3.04. The summed E-state index contributed by atoms with van der Waals surface area (Å²) in [6.45, 7) is 8.74. The molecule has 0 saturated carbocycles. The fourth-order valence-corrected chi connectivity index (χ4v) is 3.04. The van der Waals surface area contributed by atoms with E-state index in [-0.39, 0.29) is 43.3 Å². The Balaban J connectivity index is 2.86. The van der Waals surface area contributed by atoms with Crippen LogP contribution in [0.1, 0.15) is 53.0 Å². The Hall–Kier alpha value is -3.63. The van der Waals surface area contributed by atoms with Gasteiger partial charge in [0.15, 0.2) is 0 Å². The van der Waals surface area contributed by atoms with Gasteiger partial charge in [-0.05, 0) is 36.5 Å². The molecule has 35 heavy (non-hydrogen) atoms. The summed E-state index contributed by atoms with van der Waals surface area (Å²) in [5.74, 6) is -2.02. The smallest absolute Gasteiger partial charge is 0.312 e. The minimum Gasteiger partial charge on any atom is -0.461 e. The topological polar surface area (TPSA) is 169 Å². The van der Waals surface area contributed by atoms with E-state index in [4.69, 9.17) is 10.5 Å². The summed E-state index contributed by atoms with van der Waals surface area (Å²) in [5.41, 5.74) is 6.32. The van der Waals surface area contributed by atoms with Crippen molar-refractivity contribution < 1.29 is 28.7 Å². The van der Waals surface area contributed by atoms with Crippen LogP contribution < -0.4 is 27.0 Å². The first-order valence-electron chi connectivity index (χ1n) is 11.6. The van der Waals surface area contributed by atoms with Crippen LogP contribution in [0, 0.1) is 11.8 Å². The zero-order valence-electron chi connectivity index (χ0n) is 21.0. The van der Waals surface area contributed by atoms with Crippen LogP contribution in [0.25, 0.3) is 0 Å². The van der Waals surface area contributed by atoms with Crippen molar-refractivity contribution in [3.05, 3.63) is 29.8 Å². The molecule has 0 saturated heterocycles. The summed E-state index contributed by atoms with van der Waals surface area (Å²) < 4.78 is 5.19. The molecule has 0 heterocycles. The van der Waals surface area contributed by atoms with Gasteiger partial charge in [0.05, 0.1) is 5.92 Å². The molecule has 0 aliphatic carbocycles. The molecule has 0 spiro atoms. The van der Waals surface area contributed by atoms with E-state index in [0.717, 1.165) is 5.56 Å². The van der Waals surface area contributed by atoms with Gasteiger partial charge in [-0.25, -0.2) is 4.79 Å². The van der Waals surface area contributed by atoms with Gasteiger partial charge in [0.1, 0.15) is 18.7 Å². The van der Waals surface area contributed by atoms with Crippen LogP contribution in [0.3, 0.4) is 0 Å². The SMILES string of the molecule is CC(=O)N[C@H](C(=O)N[C@@H](CCCNC(N)=O)C(=O)Nc1ccc(COC(=O)C(C)C)cc1)C(C)C. The number of hydrogen-bond acceptors (Lipinski definition) is 6. The van der Waals surface area contributed by atoms with Gasteiger partial charge < -0.3 is 31.7 Å². The van der Waals surface area contributed by atoms with E-state index < -0.39 is 29.9 Å². The Morgan fingerprint density at radius 2 is 1.57 bits per heavy atom. The summed E-state index contributed by atoms with van der Waals surface area (Å²) in [6, 6.07) is 4.37. The van der Waals surface area contributed by atoms with Crippen molar-refractivity contribution in [1.29, 1.82) is 0 Å². The van der Waals surface area contributed by atoms with Crippen LogP contribution in [0.5, 0.6) is 0 Å². The minimum absolute atomic E-state index is 0.122. The van der Waals surface area contributed by atoms with Crippen molar-refractivity contribution in [2.24, 2.45) is 17.6 Å². The summed E-state index contributed by atoms with van der Waals surface area (Å²) >= 11 is 0. The van der Waals surface area contributed by atoms with Crippen LogP contribution in [-0.4, -0.2) is 48.4 Å². The third-order valence-corrected chi connectivity index (χ3v) is 4.98. The minimum atomic E-state index is -0.918. The van der Waals surface area contributed by atoms with Gasteiger partial charge in [-0.2, -0.15) is 0 Å². The number of anilines is 1. The Kier molecular flexibility index (Phi) is 12.3. The molecule has 1 rings (SSSR count). The van der Waals surface area contributed by atoms with E-state index >= 15 is 0 Å². The molecule has 0 aliphatic rings. The van der Waals surface area contributed by atoms with E-state index in [1.165, 1.54) is 6.92 Å². The zero-order chi connectivity index (χ0) is 26.5. The summed E-state index contributed by atoms with van der Waals surface area (Å²) in [6.07, 6.45) is 0.611. The molecule has 1 aromatic carbocycles. The lowest BCUT2D eigenvalue weighted by atomic mass is 10.0. The molecule has 0 radical (unpaired) electrons. The van der Waals surface area contributed by atoms with E-state index in [1.807, 2.05) is 0 Å². The van der Waals surface area contributed by atoms with Gasteiger partial charge in [-0.1, -0.05) is 39.8 Å². The van der Waals surface area contributed by atoms with E-state index in [1.54, 1.807) is 52.0 Å². The number of esters is 1. The van der Waals surface area contributed by atoms with Crippen molar-refractivity contribution in [2.75, 3.05) is 11.9 Å². The third kappa shape index (κ3) is 11.4. The van der Waals surface area contributed by atoms with Crippen LogP contribution in [-0.2, 0) is 30.5 Å². The van der Waals surface area contributed by atoms with Gasteiger partial charge in [-0.3, -0.25) is 19.2 Å². The highest BCUT2D eigenvalue weighted by atomic mass is 16.5. The Labute approximate surface area is 205 Å². The first-order valence-corrected chi connectivity index (χ1v) is 11.6. The molecule has 2 atom stereocenters. The molecule has 194 valence electrons. The largest absolute Gasteiger partial charge is 0.461 e. The van der Waals surface area contributed by atoms with E-state index in [0.29, 0.717) is 12.1 Å². The molecule has 0 aliphatic heterocycles. The van der Waals surface area contributed by atoms with E-state index in [9.17, 15) is 24.0 Å². The van der Waals surface area contributed by atoms with Crippen LogP contribution in [0.4, 0.5) is 10.5 Å². The molecule has 1 aromatic rings. The van der Waals surface area contributed by atoms with Gasteiger partial charge in [0.2, 0.25) is 17.7 Å². The molecular formula is C24H37N5O6. The second-order valence-corrected chi connectivity index (χ2v) is 8.87. The highest BCUT2D eigenvalue weighted by Gasteiger charge is 2.28. The second-order valence-electron chi connectivity index (χ2n) is 8.87. The van der Waals surface area contributed by atoms with Crippen molar-refractivity contribution in [2.45, 2.75) is 66.2 Å². The highest BCUT2D eigenvalue weighted by molar-refractivity contribution is 5.98. The standard InChI is InChI=1S/C24H37N5O6/c1-14(2)20(27-16(5)30)22(32)29-19(7-6-12-26-24(25)34)21(31)28-18-10-8-17(9-11-18)13-35-23(33)15(3)4/h8-11,14-15,19-20H,6-7,12-13H2,1-5H3,(H,27,30)(H,28,31)(H,29,32)(H3,25,26,34)/t19-,20-/m0/s1. The molecule has 11 heteroatoms. The van der Waals surface area contributed by atoms with E-state index in [2.05, 4.69) is 21.3 Å². The van der Waals surface area contributed by atoms with Crippen molar-refractivity contribution in [3.8, 4) is 0 Å². The number of rotatable bonds is 13. The van der Waals surface area contributed by atoms with Gasteiger partial charge in [-0.15, -0.1) is 0 Å². The number of urea groups is 1. The predicted octanol–water partition coefficient (Wildman–Crippen LogP) is 1.42. The number of nitrogens with two attached hydrogens (primary N) is 1. The number of amides is 5. The molecule has 0 bridgehead atoms. The summed E-state index contributed by atoms with van der Waals surface area (Å²) in [5, 5.41) is 10.5. The lowest BCUT2D eigenvalue weighted by Gasteiger charge is -2.25. The maximum absolute atomic E-state index is 13.0.